The topological polar surface area (TPSA) is 62.6 Å². The molecule has 6 heteroatoms. The summed E-state index contributed by atoms with van der Waals surface area (Å²) in [5.41, 5.74) is 4.77. The van der Waals surface area contributed by atoms with Gasteiger partial charge in [0.25, 0.3) is 0 Å². The minimum atomic E-state index is 0.229. The summed E-state index contributed by atoms with van der Waals surface area (Å²) in [6.45, 7) is 0. The second-order valence-corrected chi connectivity index (χ2v) is 8.66. The molecule has 0 aliphatic carbocycles. The molecule has 0 aliphatic heterocycles. The van der Waals surface area contributed by atoms with Gasteiger partial charge in [-0.05, 0) is 54.6 Å². The van der Waals surface area contributed by atoms with Crippen LogP contribution in [-0.2, 0) is 0 Å². The summed E-state index contributed by atoms with van der Waals surface area (Å²) in [7, 11) is 0. The molecule has 0 amide bonds. The van der Waals surface area contributed by atoms with Crippen molar-refractivity contribution in [3.05, 3.63) is 122 Å². The molecular formula is C30H21N5O. The number of rotatable bonds is 4. The van der Waals surface area contributed by atoms with E-state index >= 15 is 0 Å². The number of para-hydroxylation sites is 2. The number of nitrogens with zero attached hydrogens (tertiary/aromatic N) is 4. The number of fused-ring (bicyclic) bond motifs is 3. The van der Waals surface area contributed by atoms with E-state index in [9.17, 15) is 5.11 Å². The highest BCUT2D eigenvalue weighted by molar-refractivity contribution is 6.11. The third-order valence-electron chi connectivity index (χ3n) is 6.50. The molecule has 7 aromatic rings. The first-order chi connectivity index (χ1) is 17.8. The van der Waals surface area contributed by atoms with Crippen LogP contribution in [0.25, 0.3) is 50.4 Å². The summed E-state index contributed by atoms with van der Waals surface area (Å²) in [6.07, 6.45) is 8.86. The molecule has 0 bridgehead atoms. The lowest BCUT2D eigenvalue weighted by molar-refractivity contribution is -0.603. The number of aromatic amines is 1. The Labute approximate surface area is 207 Å². The lowest BCUT2D eigenvalue weighted by atomic mass is 10.1. The lowest BCUT2D eigenvalue weighted by Gasteiger charge is -2.09. The van der Waals surface area contributed by atoms with E-state index in [1.807, 2.05) is 88.3 Å². The average molecular weight is 468 g/mol. The molecule has 4 heterocycles. The SMILES string of the molecule is Oc1cc2c3ccccc3n(-c3ccccc3)c2cc1-c1ccc(-n2[c-][n+](-c3ccccn3)cc2)[nH]1. The largest absolute Gasteiger partial charge is 0.507 e. The van der Waals surface area contributed by atoms with Crippen LogP contribution in [0.4, 0.5) is 0 Å². The third kappa shape index (κ3) is 3.20. The van der Waals surface area contributed by atoms with Crippen molar-refractivity contribution < 1.29 is 9.67 Å². The van der Waals surface area contributed by atoms with E-state index in [0.717, 1.165) is 50.4 Å². The van der Waals surface area contributed by atoms with Gasteiger partial charge >= 0.3 is 0 Å². The van der Waals surface area contributed by atoms with E-state index in [-0.39, 0.29) is 5.75 Å². The van der Waals surface area contributed by atoms with E-state index in [1.54, 1.807) is 6.20 Å². The zero-order chi connectivity index (χ0) is 24.1. The normalized spacial score (nSPS) is 11.4. The second kappa shape index (κ2) is 7.99. The van der Waals surface area contributed by atoms with E-state index in [0.29, 0.717) is 0 Å². The van der Waals surface area contributed by atoms with Crippen LogP contribution in [0, 0.1) is 6.33 Å². The van der Waals surface area contributed by atoms with Gasteiger partial charge in [-0.15, -0.1) is 0 Å². The summed E-state index contributed by atoms with van der Waals surface area (Å²) in [5.74, 6) is 1.86. The van der Waals surface area contributed by atoms with Crippen molar-refractivity contribution in [3.63, 3.8) is 0 Å². The van der Waals surface area contributed by atoms with Crippen molar-refractivity contribution in [2.45, 2.75) is 0 Å². The van der Waals surface area contributed by atoms with Gasteiger partial charge in [-0.1, -0.05) is 42.5 Å². The Bertz CT molecular complexity index is 1840. The molecule has 0 unspecified atom stereocenters. The fraction of sp³-hybridized carbons (Fsp3) is 0. The van der Waals surface area contributed by atoms with Crippen molar-refractivity contribution in [2.75, 3.05) is 0 Å². The summed E-state index contributed by atoms with van der Waals surface area (Å²) in [6, 6.07) is 32.2. The van der Waals surface area contributed by atoms with Gasteiger partial charge < -0.3 is 23.8 Å². The predicted molar refractivity (Wildman–Crippen MR) is 140 cm³/mol. The second-order valence-electron chi connectivity index (χ2n) is 8.66. The summed E-state index contributed by atoms with van der Waals surface area (Å²) < 4.78 is 5.95. The lowest BCUT2D eigenvalue weighted by Crippen LogP contribution is -2.29. The van der Waals surface area contributed by atoms with E-state index < -0.39 is 0 Å². The number of H-pyrrole nitrogens is 1. The van der Waals surface area contributed by atoms with Crippen LogP contribution < -0.4 is 4.57 Å². The van der Waals surface area contributed by atoms with Crippen molar-refractivity contribution in [1.82, 2.24) is 19.1 Å². The van der Waals surface area contributed by atoms with Crippen molar-refractivity contribution in [3.8, 4) is 34.3 Å². The van der Waals surface area contributed by atoms with Crippen molar-refractivity contribution >= 4 is 21.8 Å². The van der Waals surface area contributed by atoms with Gasteiger partial charge in [0, 0.05) is 40.1 Å². The Morgan fingerprint density at radius 1 is 0.806 bits per heavy atom. The molecule has 0 radical (unpaired) electrons. The number of imidazole rings is 1. The van der Waals surface area contributed by atoms with Gasteiger partial charge in [0.2, 0.25) is 5.82 Å². The first kappa shape index (κ1) is 20.3. The van der Waals surface area contributed by atoms with Gasteiger partial charge in [-0.2, -0.15) is 4.98 Å². The third-order valence-corrected chi connectivity index (χ3v) is 6.50. The predicted octanol–water partition coefficient (Wildman–Crippen LogP) is 5.75. The Morgan fingerprint density at radius 2 is 1.64 bits per heavy atom. The fourth-order valence-electron chi connectivity index (χ4n) is 4.83. The van der Waals surface area contributed by atoms with Gasteiger partial charge in [0.1, 0.15) is 11.6 Å². The first-order valence-corrected chi connectivity index (χ1v) is 11.7. The van der Waals surface area contributed by atoms with Crippen LogP contribution in [0.1, 0.15) is 0 Å². The molecule has 0 atom stereocenters. The number of benzene rings is 3. The van der Waals surface area contributed by atoms with E-state index in [4.69, 9.17) is 0 Å². The standard InChI is InChI=1S/C30H21N5O/c36-28-19-23-22-10-4-5-11-26(22)35(21-8-2-1-3-9-21)27(23)18-24(28)25-13-14-30(32-25)34-17-16-33(20-34)29-12-6-7-15-31-29/h1-19,32,36H. The van der Waals surface area contributed by atoms with Crippen LogP contribution in [0.2, 0.25) is 0 Å². The number of hydrogen-bond acceptors (Lipinski definition) is 2. The number of aromatic hydroxyl groups is 1. The Balaban J connectivity index is 1.36. The van der Waals surface area contributed by atoms with Gasteiger partial charge in [-0.25, -0.2) is 0 Å². The molecule has 2 N–H and O–H groups in total. The molecule has 4 aromatic heterocycles. The van der Waals surface area contributed by atoms with Gasteiger partial charge in [0.05, 0.1) is 17.2 Å². The highest BCUT2D eigenvalue weighted by Crippen LogP contribution is 2.39. The smallest absolute Gasteiger partial charge is 0.202 e. The first-order valence-electron chi connectivity index (χ1n) is 11.7. The molecule has 0 spiro atoms. The van der Waals surface area contributed by atoms with Gasteiger partial charge in [0.15, 0.2) is 6.33 Å². The fourth-order valence-corrected chi connectivity index (χ4v) is 4.83. The quantitative estimate of drug-likeness (QED) is 0.256. The average Bonchev–Trinajstić information content (AvgIpc) is 3.67. The molecule has 0 aliphatic rings. The highest BCUT2D eigenvalue weighted by atomic mass is 16.3. The zero-order valence-electron chi connectivity index (χ0n) is 19.2. The Kier molecular flexibility index (Phi) is 4.50. The summed E-state index contributed by atoms with van der Waals surface area (Å²) in [5, 5.41) is 13.2. The molecule has 36 heavy (non-hydrogen) atoms. The molecule has 0 fully saturated rings. The maximum atomic E-state index is 11.1. The maximum absolute atomic E-state index is 11.1. The van der Waals surface area contributed by atoms with Gasteiger partial charge in [-0.3, -0.25) is 0 Å². The van der Waals surface area contributed by atoms with Crippen LogP contribution in [0.15, 0.2) is 116 Å². The molecule has 7 rings (SSSR count). The van der Waals surface area contributed by atoms with Crippen LogP contribution in [-0.4, -0.2) is 24.2 Å². The van der Waals surface area contributed by atoms with Crippen LogP contribution in [0.5, 0.6) is 5.75 Å². The molecule has 3 aromatic carbocycles. The molecule has 0 saturated heterocycles. The zero-order valence-corrected chi connectivity index (χ0v) is 19.2. The summed E-state index contributed by atoms with van der Waals surface area (Å²) in [4.78, 5) is 7.81. The minimum Gasteiger partial charge on any atom is -0.507 e. The minimum absolute atomic E-state index is 0.229. The number of hydrogen-bond donors (Lipinski definition) is 2. The van der Waals surface area contributed by atoms with E-state index in [2.05, 4.69) is 51.2 Å². The van der Waals surface area contributed by atoms with Crippen molar-refractivity contribution in [1.29, 1.82) is 0 Å². The number of aromatic nitrogens is 5. The highest BCUT2D eigenvalue weighted by Gasteiger charge is 2.16. The monoisotopic (exact) mass is 467 g/mol. The number of nitrogens with one attached hydrogen (secondary N) is 1. The molecule has 0 saturated carbocycles. The number of phenolic OH excluding ortho intramolecular Hbond substituents is 1. The Hall–Kier alpha value is -5.10. The van der Waals surface area contributed by atoms with Crippen molar-refractivity contribution in [2.24, 2.45) is 0 Å². The Morgan fingerprint density at radius 3 is 2.50 bits per heavy atom. The maximum Gasteiger partial charge on any atom is 0.202 e. The number of pyridine rings is 1. The van der Waals surface area contributed by atoms with E-state index in [1.165, 1.54) is 0 Å². The van der Waals surface area contributed by atoms with Crippen LogP contribution in [0.3, 0.4) is 0 Å². The molecule has 172 valence electrons. The molecular weight excluding hydrogens is 446 g/mol. The molecule has 6 nitrogen and oxygen atoms in total. The van der Waals surface area contributed by atoms with Crippen LogP contribution >= 0.6 is 0 Å². The summed E-state index contributed by atoms with van der Waals surface area (Å²) >= 11 is 0. The number of phenols is 1.